The summed E-state index contributed by atoms with van der Waals surface area (Å²) in [5.74, 6) is 2.02. The first-order chi connectivity index (χ1) is 12.1. The van der Waals surface area contributed by atoms with E-state index in [9.17, 15) is 9.90 Å². The predicted molar refractivity (Wildman–Crippen MR) is 95.8 cm³/mol. The van der Waals surface area contributed by atoms with E-state index in [-0.39, 0.29) is 18.6 Å². The number of aliphatic hydroxyl groups excluding tert-OH is 1. The number of hydrogen-bond donors (Lipinski definition) is 2. The van der Waals surface area contributed by atoms with Crippen molar-refractivity contribution in [3.63, 3.8) is 0 Å². The van der Waals surface area contributed by atoms with Crippen molar-refractivity contribution >= 4 is 5.91 Å². The van der Waals surface area contributed by atoms with Crippen LogP contribution >= 0.6 is 0 Å². The molecule has 1 fully saturated rings. The fraction of sp³-hybridized carbons (Fsp3) is 0.579. The van der Waals surface area contributed by atoms with Crippen LogP contribution in [0, 0.1) is 12.3 Å². The zero-order valence-corrected chi connectivity index (χ0v) is 14.7. The van der Waals surface area contributed by atoms with Crippen molar-refractivity contribution < 1.29 is 14.6 Å². The van der Waals surface area contributed by atoms with Crippen molar-refractivity contribution in [2.24, 2.45) is 0 Å². The monoisotopic (exact) mass is 345 g/mol. The van der Waals surface area contributed by atoms with Gasteiger partial charge in [0, 0.05) is 31.4 Å². The molecule has 0 radical (unpaired) electrons. The topological polar surface area (TPSA) is 74.7 Å². The van der Waals surface area contributed by atoms with Gasteiger partial charge in [0.1, 0.15) is 0 Å². The summed E-state index contributed by atoms with van der Waals surface area (Å²) in [7, 11) is 2.07. The van der Waals surface area contributed by atoms with Gasteiger partial charge in [-0.15, -0.1) is 6.42 Å². The van der Waals surface area contributed by atoms with Gasteiger partial charge in [0.05, 0.1) is 18.8 Å². The van der Waals surface area contributed by atoms with Crippen LogP contribution in [0.5, 0.6) is 0 Å². The highest BCUT2D eigenvalue weighted by atomic mass is 16.5. The number of nitrogens with one attached hydrogen (secondary N) is 1. The Morgan fingerprint density at radius 3 is 3.04 bits per heavy atom. The molecule has 2 rings (SSSR count). The average Bonchev–Trinajstić information content (AvgIpc) is 2.64. The van der Waals surface area contributed by atoms with Crippen LogP contribution in [0.2, 0.25) is 0 Å². The number of aliphatic hydroxyl groups is 1. The molecule has 1 aromatic heterocycles. The van der Waals surface area contributed by atoms with E-state index in [4.69, 9.17) is 11.2 Å². The molecule has 0 unspecified atom stereocenters. The first-order valence-corrected chi connectivity index (χ1v) is 8.73. The average molecular weight is 345 g/mol. The second kappa shape index (κ2) is 10.1. The highest BCUT2D eigenvalue weighted by molar-refractivity contribution is 5.81. The third kappa shape index (κ3) is 6.46. The Bertz CT molecular complexity index is 573. The van der Waals surface area contributed by atoms with Crippen molar-refractivity contribution in [1.29, 1.82) is 0 Å². The van der Waals surface area contributed by atoms with Crippen LogP contribution in [0.1, 0.15) is 25.0 Å². The number of amides is 1. The van der Waals surface area contributed by atoms with Gasteiger partial charge in [-0.1, -0.05) is 12.0 Å². The van der Waals surface area contributed by atoms with E-state index in [1.165, 1.54) is 0 Å². The van der Waals surface area contributed by atoms with Crippen LogP contribution in [-0.2, 0) is 16.0 Å². The molecule has 1 aromatic rings. The normalized spacial score (nSPS) is 23.2. The lowest BCUT2D eigenvalue weighted by atomic mass is 9.98. The van der Waals surface area contributed by atoms with E-state index >= 15 is 0 Å². The third-order valence-corrected chi connectivity index (χ3v) is 4.40. The van der Waals surface area contributed by atoms with Crippen LogP contribution in [0.15, 0.2) is 24.4 Å². The Morgan fingerprint density at radius 2 is 2.32 bits per heavy atom. The van der Waals surface area contributed by atoms with E-state index in [2.05, 4.69) is 28.2 Å². The molecule has 6 nitrogen and oxygen atoms in total. The lowest BCUT2D eigenvalue weighted by Crippen LogP contribution is -2.49. The first kappa shape index (κ1) is 19.4. The zero-order chi connectivity index (χ0) is 18.1. The van der Waals surface area contributed by atoms with Crippen LogP contribution < -0.4 is 5.32 Å². The van der Waals surface area contributed by atoms with Crippen LogP contribution in [-0.4, -0.2) is 65.9 Å². The lowest BCUT2D eigenvalue weighted by molar-refractivity contribution is -0.158. The molecule has 1 amide bonds. The summed E-state index contributed by atoms with van der Waals surface area (Å²) in [6.07, 6.45) is 8.38. The number of aromatic nitrogens is 1. The minimum atomic E-state index is -0.828. The van der Waals surface area contributed by atoms with E-state index in [0.29, 0.717) is 6.42 Å². The van der Waals surface area contributed by atoms with E-state index in [1.807, 2.05) is 24.4 Å². The molecule has 1 aliphatic rings. The minimum Gasteiger partial charge on any atom is -0.390 e. The molecule has 136 valence electrons. The van der Waals surface area contributed by atoms with Crippen LogP contribution in [0.4, 0.5) is 0 Å². The Labute approximate surface area is 149 Å². The molecule has 6 heteroatoms. The summed E-state index contributed by atoms with van der Waals surface area (Å²) in [5, 5.41) is 12.6. The molecule has 2 N–H and O–H groups in total. The Kier molecular flexibility index (Phi) is 7.86. The van der Waals surface area contributed by atoms with Gasteiger partial charge in [0.25, 0.3) is 5.91 Å². The zero-order valence-electron chi connectivity index (χ0n) is 14.7. The molecule has 1 saturated heterocycles. The number of carbonyl (C=O) groups is 1. The maximum Gasteiger partial charge on any atom is 0.252 e. The maximum absolute atomic E-state index is 12.0. The fourth-order valence-corrected chi connectivity index (χ4v) is 2.89. The molecule has 0 bridgehead atoms. The Balaban J connectivity index is 1.72. The number of carbonyl (C=O) groups excluding carboxylic acids is 1. The largest absolute Gasteiger partial charge is 0.390 e. The number of hydrogen-bond acceptors (Lipinski definition) is 5. The maximum atomic E-state index is 12.0. The third-order valence-electron chi connectivity index (χ3n) is 4.40. The van der Waals surface area contributed by atoms with Gasteiger partial charge >= 0.3 is 0 Å². The molecule has 0 saturated carbocycles. The quantitative estimate of drug-likeness (QED) is 0.675. The highest BCUT2D eigenvalue weighted by Crippen LogP contribution is 2.22. The van der Waals surface area contributed by atoms with Gasteiger partial charge in [-0.05, 0) is 38.4 Å². The number of ether oxygens (including phenoxy) is 1. The van der Waals surface area contributed by atoms with Crippen molar-refractivity contribution in [3.05, 3.63) is 30.1 Å². The predicted octanol–water partition coefficient (Wildman–Crippen LogP) is 0.604. The molecular weight excluding hydrogens is 318 g/mol. The van der Waals surface area contributed by atoms with Gasteiger partial charge in [-0.25, -0.2) is 0 Å². The second-order valence-corrected chi connectivity index (χ2v) is 6.41. The first-order valence-electron chi connectivity index (χ1n) is 8.73. The van der Waals surface area contributed by atoms with Crippen LogP contribution in [0.3, 0.4) is 0 Å². The smallest absolute Gasteiger partial charge is 0.252 e. The number of pyridine rings is 1. The SMILES string of the molecule is C#CCNC(=O)[C@H]1O[C@H](CCN(C)CCc2ccccn2)CC[C@@H]1O. The van der Waals surface area contributed by atoms with Gasteiger partial charge < -0.3 is 20.1 Å². The molecule has 25 heavy (non-hydrogen) atoms. The summed E-state index contributed by atoms with van der Waals surface area (Å²) >= 11 is 0. The lowest BCUT2D eigenvalue weighted by Gasteiger charge is -2.33. The van der Waals surface area contributed by atoms with Gasteiger partial charge in [-0.3, -0.25) is 9.78 Å². The fourth-order valence-electron chi connectivity index (χ4n) is 2.89. The number of likely N-dealkylation sites (N-methyl/N-ethyl adjacent to an activating group) is 1. The van der Waals surface area contributed by atoms with Gasteiger partial charge in [-0.2, -0.15) is 0 Å². The van der Waals surface area contributed by atoms with Crippen molar-refractivity contribution in [2.75, 3.05) is 26.7 Å². The molecule has 0 aliphatic carbocycles. The highest BCUT2D eigenvalue weighted by Gasteiger charge is 2.34. The number of rotatable bonds is 8. The minimum absolute atomic E-state index is 0.0257. The van der Waals surface area contributed by atoms with Crippen molar-refractivity contribution in [2.45, 2.75) is 44.0 Å². The number of terminal acetylenes is 1. The molecule has 2 heterocycles. The summed E-state index contributed by atoms with van der Waals surface area (Å²) < 4.78 is 5.80. The second-order valence-electron chi connectivity index (χ2n) is 6.41. The summed E-state index contributed by atoms with van der Waals surface area (Å²) in [4.78, 5) is 18.6. The number of nitrogens with zero attached hydrogens (tertiary/aromatic N) is 2. The van der Waals surface area contributed by atoms with Crippen molar-refractivity contribution in [3.8, 4) is 12.3 Å². The van der Waals surface area contributed by atoms with Gasteiger partial charge in [0.2, 0.25) is 0 Å². The van der Waals surface area contributed by atoms with E-state index < -0.39 is 12.2 Å². The molecule has 0 aromatic carbocycles. The Morgan fingerprint density at radius 1 is 1.48 bits per heavy atom. The van der Waals surface area contributed by atoms with Crippen LogP contribution in [0.25, 0.3) is 0 Å². The Hall–Kier alpha value is -1.94. The summed E-state index contributed by atoms with van der Waals surface area (Å²) in [5.41, 5.74) is 1.08. The summed E-state index contributed by atoms with van der Waals surface area (Å²) in [6, 6.07) is 5.94. The standard InChI is InChI=1S/C19H27N3O3/c1-3-11-21-19(24)18-17(23)8-7-16(25-18)10-14-22(2)13-9-15-6-4-5-12-20-15/h1,4-6,12,16-18,23H,7-11,13-14H2,2H3,(H,21,24)/t16-,17-,18-/m0/s1. The van der Waals surface area contributed by atoms with E-state index in [0.717, 1.165) is 38.0 Å². The molecule has 1 aliphatic heterocycles. The molecule has 0 spiro atoms. The van der Waals surface area contributed by atoms with Gasteiger partial charge in [0.15, 0.2) is 6.10 Å². The van der Waals surface area contributed by atoms with E-state index in [1.54, 1.807) is 0 Å². The molecule has 3 atom stereocenters. The summed E-state index contributed by atoms with van der Waals surface area (Å²) in [6.45, 7) is 1.93. The van der Waals surface area contributed by atoms with Crippen molar-refractivity contribution in [1.82, 2.24) is 15.2 Å². The molecular formula is C19H27N3O3.